The zero-order valence-corrected chi connectivity index (χ0v) is 26.3. The van der Waals surface area contributed by atoms with Gasteiger partial charge in [-0.05, 0) is 48.7 Å². The summed E-state index contributed by atoms with van der Waals surface area (Å²) in [6, 6.07) is 24.1. The summed E-state index contributed by atoms with van der Waals surface area (Å²) in [5, 5.41) is 0.615. The molecule has 0 fully saturated rings. The Labute approximate surface area is 266 Å². The van der Waals surface area contributed by atoms with E-state index in [1.54, 1.807) is 29.0 Å². The SMILES string of the molecule is CC.Cc1cc(-c2cnc(=O)n(Cc3ccc4c(c3)OCO4)c2)nc(SCCC(OCc2ccccc2F)c2ccccc2)n1. The van der Waals surface area contributed by atoms with Crippen LogP contribution in [0.4, 0.5) is 4.39 Å². The van der Waals surface area contributed by atoms with Gasteiger partial charge in [0, 0.05) is 35.0 Å². The van der Waals surface area contributed by atoms with Crippen LogP contribution in [-0.2, 0) is 17.9 Å². The molecule has 1 aliphatic heterocycles. The van der Waals surface area contributed by atoms with Crippen LogP contribution in [0.2, 0.25) is 0 Å². The largest absolute Gasteiger partial charge is 0.454 e. The van der Waals surface area contributed by atoms with Gasteiger partial charge in [-0.1, -0.05) is 80.2 Å². The fraction of sp³-hybridized carbons (Fsp3) is 0.257. The summed E-state index contributed by atoms with van der Waals surface area (Å²) < 4.78 is 32.8. The number of thioether (sulfide) groups is 1. The molecule has 1 aliphatic rings. The predicted octanol–water partition coefficient (Wildman–Crippen LogP) is 7.39. The third-order valence-corrected chi connectivity index (χ3v) is 7.84. The Bertz CT molecular complexity index is 1780. The smallest absolute Gasteiger partial charge is 0.347 e. The first-order valence-corrected chi connectivity index (χ1v) is 15.8. The van der Waals surface area contributed by atoms with Gasteiger partial charge in [0.1, 0.15) is 5.82 Å². The van der Waals surface area contributed by atoms with Gasteiger partial charge in [-0.15, -0.1) is 0 Å². The van der Waals surface area contributed by atoms with E-state index in [-0.39, 0.29) is 31.0 Å². The number of hydrogen-bond acceptors (Lipinski definition) is 8. The maximum atomic E-state index is 14.2. The van der Waals surface area contributed by atoms with Crippen LogP contribution in [0.5, 0.6) is 11.5 Å². The van der Waals surface area contributed by atoms with Crippen molar-refractivity contribution in [2.24, 2.45) is 0 Å². The van der Waals surface area contributed by atoms with Gasteiger partial charge < -0.3 is 14.2 Å². The van der Waals surface area contributed by atoms with Crippen molar-refractivity contribution in [3.63, 3.8) is 0 Å². The average Bonchev–Trinajstić information content (AvgIpc) is 3.54. The highest BCUT2D eigenvalue weighted by molar-refractivity contribution is 7.99. The van der Waals surface area contributed by atoms with Gasteiger partial charge in [0.25, 0.3) is 0 Å². The molecule has 8 nitrogen and oxygen atoms in total. The Kier molecular flexibility index (Phi) is 10.9. The van der Waals surface area contributed by atoms with Crippen LogP contribution in [0, 0.1) is 12.7 Å². The molecule has 2 aromatic heterocycles. The van der Waals surface area contributed by atoms with Crippen LogP contribution in [0.3, 0.4) is 0 Å². The molecule has 10 heteroatoms. The zero-order chi connectivity index (χ0) is 31.6. The van der Waals surface area contributed by atoms with E-state index < -0.39 is 0 Å². The molecule has 0 saturated carbocycles. The molecule has 45 heavy (non-hydrogen) atoms. The standard InChI is InChI=1S/C33H29FN4O4S.C2H6/c1-22-15-28(26-17-35-33(39)38(19-26)18-23-11-12-30-31(16-23)42-21-41-30)37-32(36-22)43-14-13-29(24-7-3-2-4-8-24)40-20-25-9-5-6-10-27(25)34;1-2/h2-12,15-17,19,29H,13-14,18,20-21H2,1H3;1-2H3. The molecule has 5 aromatic rings. The second-order valence-corrected chi connectivity index (χ2v) is 11.1. The molecule has 0 N–H and O–H groups in total. The molecule has 0 radical (unpaired) electrons. The summed E-state index contributed by atoms with van der Waals surface area (Å²) in [5.74, 6) is 1.76. The molecule has 3 heterocycles. The van der Waals surface area contributed by atoms with Crippen molar-refractivity contribution in [1.29, 1.82) is 0 Å². The molecule has 0 bridgehead atoms. The summed E-state index contributed by atoms with van der Waals surface area (Å²) >= 11 is 1.52. The lowest BCUT2D eigenvalue weighted by molar-refractivity contribution is 0.0364. The highest BCUT2D eigenvalue weighted by Crippen LogP contribution is 2.33. The van der Waals surface area contributed by atoms with E-state index in [1.807, 2.05) is 75.4 Å². The normalized spacial score (nSPS) is 12.4. The summed E-state index contributed by atoms with van der Waals surface area (Å²) in [7, 11) is 0. The molecular weight excluding hydrogens is 591 g/mol. The third-order valence-electron chi connectivity index (χ3n) is 6.95. The lowest BCUT2D eigenvalue weighted by atomic mass is 10.1. The highest BCUT2D eigenvalue weighted by Gasteiger charge is 2.16. The van der Waals surface area contributed by atoms with E-state index in [1.165, 1.54) is 24.0 Å². The molecule has 232 valence electrons. The summed E-state index contributed by atoms with van der Waals surface area (Å²) in [6.07, 6.45) is 3.76. The minimum absolute atomic E-state index is 0.178. The predicted molar refractivity (Wildman–Crippen MR) is 173 cm³/mol. The van der Waals surface area contributed by atoms with Gasteiger partial charge in [-0.3, -0.25) is 4.57 Å². The molecule has 1 unspecified atom stereocenters. The Hall–Kier alpha value is -4.54. The van der Waals surface area contributed by atoms with Gasteiger partial charge in [0.2, 0.25) is 6.79 Å². The fourth-order valence-corrected chi connectivity index (χ4v) is 5.65. The second-order valence-electron chi connectivity index (χ2n) is 10.1. The third kappa shape index (κ3) is 8.34. The number of aromatic nitrogens is 4. The van der Waals surface area contributed by atoms with E-state index in [4.69, 9.17) is 19.2 Å². The quantitative estimate of drug-likeness (QED) is 0.111. The monoisotopic (exact) mass is 626 g/mol. The number of halogens is 1. The maximum Gasteiger partial charge on any atom is 0.347 e. The van der Waals surface area contributed by atoms with Gasteiger partial charge in [0.15, 0.2) is 16.7 Å². The van der Waals surface area contributed by atoms with Gasteiger partial charge in [-0.25, -0.2) is 24.1 Å². The Morgan fingerprint density at radius 2 is 1.76 bits per heavy atom. The van der Waals surface area contributed by atoms with Crippen molar-refractivity contribution in [1.82, 2.24) is 19.5 Å². The Morgan fingerprint density at radius 3 is 2.58 bits per heavy atom. The van der Waals surface area contributed by atoms with Crippen LogP contribution in [-0.4, -0.2) is 32.1 Å². The molecule has 0 spiro atoms. The van der Waals surface area contributed by atoms with Gasteiger partial charge >= 0.3 is 5.69 Å². The van der Waals surface area contributed by atoms with E-state index in [9.17, 15) is 9.18 Å². The average molecular weight is 627 g/mol. The number of ether oxygens (including phenoxy) is 3. The first kappa shape index (κ1) is 31.9. The number of fused-ring (bicyclic) bond motifs is 1. The number of hydrogen-bond donors (Lipinski definition) is 0. The number of nitrogens with zero attached hydrogens (tertiary/aromatic N) is 4. The van der Waals surface area contributed by atoms with Crippen molar-refractivity contribution in [3.05, 3.63) is 130 Å². The molecule has 0 saturated heterocycles. The van der Waals surface area contributed by atoms with Crippen LogP contribution in [0.15, 0.2) is 101 Å². The van der Waals surface area contributed by atoms with E-state index >= 15 is 0 Å². The topological polar surface area (TPSA) is 88.4 Å². The minimum atomic E-state index is -0.357. The van der Waals surface area contributed by atoms with Crippen molar-refractivity contribution in [2.45, 2.75) is 51.6 Å². The molecular formula is C35H35FN4O4S. The molecule has 0 aliphatic carbocycles. The molecule has 0 amide bonds. The number of benzene rings is 3. The van der Waals surface area contributed by atoms with Crippen molar-refractivity contribution < 1.29 is 18.6 Å². The zero-order valence-electron chi connectivity index (χ0n) is 25.5. The highest BCUT2D eigenvalue weighted by atomic mass is 32.2. The van der Waals surface area contributed by atoms with E-state index in [2.05, 4.69) is 9.97 Å². The van der Waals surface area contributed by atoms with Crippen LogP contribution < -0.4 is 15.2 Å². The van der Waals surface area contributed by atoms with Crippen molar-refractivity contribution in [3.8, 4) is 22.8 Å². The fourth-order valence-electron chi connectivity index (χ4n) is 4.77. The van der Waals surface area contributed by atoms with Gasteiger partial charge in [-0.2, -0.15) is 0 Å². The Balaban J connectivity index is 0.00000196. The first-order chi connectivity index (χ1) is 22.0. The van der Waals surface area contributed by atoms with Crippen molar-refractivity contribution >= 4 is 11.8 Å². The molecule has 6 rings (SSSR count). The Morgan fingerprint density at radius 1 is 0.978 bits per heavy atom. The van der Waals surface area contributed by atoms with Crippen LogP contribution in [0.25, 0.3) is 11.3 Å². The van der Waals surface area contributed by atoms with Crippen molar-refractivity contribution in [2.75, 3.05) is 12.5 Å². The van der Waals surface area contributed by atoms with Crippen LogP contribution >= 0.6 is 11.8 Å². The first-order valence-electron chi connectivity index (χ1n) is 14.9. The second kappa shape index (κ2) is 15.5. The van der Waals surface area contributed by atoms with Gasteiger partial charge in [0.05, 0.1) is 24.9 Å². The lowest BCUT2D eigenvalue weighted by Gasteiger charge is -2.18. The number of rotatable bonds is 11. The summed E-state index contributed by atoms with van der Waals surface area (Å²) in [6.45, 7) is 6.61. The minimum Gasteiger partial charge on any atom is -0.454 e. The summed E-state index contributed by atoms with van der Waals surface area (Å²) in [5.41, 5.74) is 4.28. The lowest BCUT2D eigenvalue weighted by Crippen LogP contribution is -2.22. The molecule has 1 atom stereocenters. The van der Waals surface area contributed by atoms with E-state index in [0.29, 0.717) is 52.2 Å². The molecule has 3 aromatic carbocycles. The number of aryl methyl sites for hydroxylation is 1. The summed E-state index contributed by atoms with van der Waals surface area (Å²) in [4.78, 5) is 26.1. The maximum absolute atomic E-state index is 14.2. The van der Waals surface area contributed by atoms with E-state index in [0.717, 1.165) is 16.8 Å². The van der Waals surface area contributed by atoms with Crippen LogP contribution in [0.1, 0.15) is 48.8 Å².